The fourth-order valence-electron chi connectivity index (χ4n) is 8.63. The molecule has 12 bridgehead atoms. The predicted octanol–water partition coefficient (Wildman–Crippen LogP) is 13.1. The number of para-hydroxylation sites is 6. The zero-order chi connectivity index (χ0) is 44.2. The first kappa shape index (κ1) is 42.8. The van der Waals surface area contributed by atoms with Crippen molar-refractivity contribution in [3.63, 3.8) is 0 Å². The molecule has 64 heavy (non-hydrogen) atoms. The molecule has 1 aliphatic carbocycles. The molecule has 9 rings (SSSR count). The topological polar surface area (TPSA) is 99.4 Å². The molecule has 0 aliphatic heterocycles. The van der Waals surface area contributed by atoms with Gasteiger partial charge in [0.05, 0.1) is 0 Å². The van der Waals surface area contributed by atoms with Gasteiger partial charge in [-0.05, 0) is 102 Å². The summed E-state index contributed by atoms with van der Waals surface area (Å²) in [6.45, 7) is 0.645. The Morgan fingerprint density at radius 3 is 0.734 bits per heavy atom. The van der Waals surface area contributed by atoms with Crippen LogP contribution in [0, 0.1) is 0 Å². The van der Waals surface area contributed by atoms with Crippen LogP contribution in [0.1, 0.15) is 77.9 Å². The Kier molecular flexibility index (Phi) is 12.8. The Morgan fingerprint density at radius 2 is 0.500 bits per heavy atom. The number of phenols is 4. The van der Waals surface area contributed by atoms with Gasteiger partial charge in [-0.3, -0.25) is 0 Å². The zero-order valence-electron chi connectivity index (χ0n) is 35.0. The zero-order valence-corrected chi connectivity index (χ0v) is 38.2. The summed E-state index contributed by atoms with van der Waals surface area (Å²) in [6, 6.07) is 51.1. The molecule has 4 N–H and O–H groups in total. The van der Waals surface area contributed by atoms with Crippen LogP contribution in [0.15, 0.2) is 167 Å². The van der Waals surface area contributed by atoms with Crippen molar-refractivity contribution in [2.75, 3.05) is 0 Å². The van der Waals surface area contributed by atoms with E-state index in [2.05, 4.69) is 31.9 Å². The van der Waals surface area contributed by atoms with Gasteiger partial charge in [0.25, 0.3) is 0 Å². The van der Waals surface area contributed by atoms with Crippen LogP contribution in [0.2, 0.25) is 0 Å². The van der Waals surface area contributed by atoms with E-state index in [1.54, 1.807) is 0 Å². The number of ether oxygens (including phenoxy) is 2. The molecule has 0 aromatic heterocycles. The van der Waals surface area contributed by atoms with E-state index < -0.39 is 0 Å². The average Bonchev–Trinajstić information content (AvgIpc) is 3.29. The van der Waals surface area contributed by atoms with Crippen LogP contribution >= 0.6 is 31.9 Å². The van der Waals surface area contributed by atoms with Crippen molar-refractivity contribution in [3.8, 4) is 34.5 Å². The number of hydrogen-bond acceptors (Lipinski definition) is 6. The van der Waals surface area contributed by atoms with Gasteiger partial charge in [0, 0.05) is 47.5 Å². The Balaban J connectivity index is 1.15. The highest BCUT2D eigenvalue weighted by Crippen LogP contribution is 2.39. The largest absolute Gasteiger partial charge is 0.507 e. The maximum atomic E-state index is 11.9. The molecule has 8 aromatic carbocycles. The molecule has 320 valence electrons. The molecule has 8 heteroatoms. The molecule has 6 nitrogen and oxygen atoms in total. The Bertz CT molecular complexity index is 2620. The molecular formula is C56H46Br2O6. The predicted molar refractivity (Wildman–Crippen MR) is 259 cm³/mol. The lowest BCUT2D eigenvalue weighted by Gasteiger charge is -2.20. The molecule has 8 aromatic rings. The fourth-order valence-corrected chi connectivity index (χ4v) is 9.15. The summed E-state index contributed by atoms with van der Waals surface area (Å²) >= 11 is 7.06. The Hall–Kier alpha value is -6.48. The summed E-state index contributed by atoms with van der Waals surface area (Å²) in [5, 5.41) is 47.6. The third-order valence-electron chi connectivity index (χ3n) is 12.0. The highest BCUT2D eigenvalue weighted by atomic mass is 79.9. The Morgan fingerprint density at radius 1 is 0.297 bits per heavy atom. The summed E-state index contributed by atoms with van der Waals surface area (Å²) in [5.41, 5.74) is 11.2. The van der Waals surface area contributed by atoms with E-state index in [1.165, 1.54) is 0 Å². The lowest BCUT2D eigenvalue weighted by Crippen LogP contribution is -2.05. The second kappa shape index (κ2) is 19.1. The number of hydrogen-bond donors (Lipinski definition) is 4. The quantitative estimate of drug-likeness (QED) is 0.132. The number of aromatic hydroxyl groups is 4. The summed E-state index contributed by atoms with van der Waals surface area (Å²) in [6.07, 6.45) is 2.16. The minimum absolute atomic E-state index is 0.166. The minimum Gasteiger partial charge on any atom is -0.507 e. The highest BCUT2D eigenvalue weighted by molar-refractivity contribution is 9.10. The van der Waals surface area contributed by atoms with Crippen molar-refractivity contribution in [2.45, 2.75) is 51.7 Å². The van der Waals surface area contributed by atoms with Crippen LogP contribution in [0.25, 0.3) is 0 Å². The van der Waals surface area contributed by atoms with E-state index in [0.717, 1.165) is 64.6 Å². The van der Waals surface area contributed by atoms with E-state index in [0.29, 0.717) is 85.5 Å². The van der Waals surface area contributed by atoms with Gasteiger partial charge < -0.3 is 29.9 Å². The molecule has 0 amide bonds. The third kappa shape index (κ3) is 9.54. The smallest absolute Gasteiger partial charge is 0.126 e. The number of rotatable bonds is 6. The standard InChI is InChI=1S/C56H46Br2O6/c57-49-23-19-35(20-24-49)33-63-55-45-15-5-16-46(55)31-43-13-3-9-39(53(43)61)28-40-10-4-14-44(54(40)62)32-48-18-6-17-47(56(48)64-34-36-21-25-50(58)26-22-36)30-42-12-2-8-38(52(42)60)27-37-7-1-11-41(29-45)51(37)59/h1-26,59-62H,27-34H2. The number of halogens is 2. The molecule has 0 saturated carbocycles. The van der Waals surface area contributed by atoms with Gasteiger partial charge >= 0.3 is 0 Å². The summed E-state index contributed by atoms with van der Waals surface area (Å²) in [4.78, 5) is 0. The van der Waals surface area contributed by atoms with Crippen molar-refractivity contribution in [1.29, 1.82) is 0 Å². The van der Waals surface area contributed by atoms with Crippen LogP contribution < -0.4 is 9.47 Å². The second-order valence-electron chi connectivity index (χ2n) is 16.4. The minimum atomic E-state index is 0.166. The number of fused-ring (bicyclic) bond motifs is 12. The first-order valence-electron chi connectivity index (χ1n) is 21.3. The van der Waals surface area contributed by atoms with Gasteiger partial charge in [-0.2, -0.15) is 0 Å². The van der Waals surface area contributed by atoms with Crippen molar-refractivity contribution >= 4 is 31.9 Å². The SMILES string of the molecule is Oc1c2cccc1Cc1cccc(c1OCc1ccc(Br)cc1)Cc1cccc(c1O)Cc1cccc(c1O)Cc1cccc(c1OCc1ccc(Br)cc1)Cc1cccc(c1O)C2. The molecule has 0 radical (unpaired) electrons. The van der Waals surface area contributed by atoms with Crippen LogP contribution in [0.5, 0.6) is 34.5 Å². The second-order valence-corrected chi connectivity index (χ2v) is 18.2. The van der Waals surface area contributed by atoms with Crippen LogP contribution in [0.3, 0.4) is 0 Å². The lowest BCUT2D eigenvalue weighted by atomic mass is 9.91. The first-order valence-corrected chi connectivity index (χ1v) is 22.9. The van der Waals surface area contributed by atoms with Crippen LogP contribution in [-0.4, -0.2) is 20.4 Å². The van der Waals surface area contributed by atoms with Gasteiger partial charge in [0.1, 0.15) is 47.7 Å². The van der Waals surface area contributed by atoms with Gasteiger partial charge in [0.2, 0.25) is 0 Å². The fraction of sp³-hybridized carbons (Fsp3) is 0.143. The molecule has 1 aliphatic rings. The van der Waals surface area contributed by atoms with E-state index in [4.69, 9.17) is 9.47 Å². The Labute approximate surface area is 390 Å². The van der Waals surface area contributed by atoms with Crippen molar-refractivity contribution < 1.29 is 29.9 Å². The third-order valence-corrected chi connectivity index (χ3v) is 13.1. The lowest BCUT2D eigenvalue weighted by molar-refractivity contribution is 0.300. The summed E-state index contributed by atoms with van der Waals surface area (Å²) in [7, 11) is 0. The monoisotopic (exact) mass is 972 g/mol. The molecule has 0 saturated heterocycles. The van der Waals surface area contributed by atoms with Gasteiger partial charge in [-0.1, -0.05) is 165 Å². The maximum Gasteiger partial charge on any atom is 0.126 e. The van der Waals surface area contributed by atoms with Gasteiger partial charge in [0.15, 0.2) is 0 Å². The molecule has 0 heterocycles. The number of benzene rings is 8. The summed E-state index contributed by atoms with van der Waals surface area (Å²) < 4.78 is 15.3. The van der Waals surface area contributed by atoms with E-state index in [9.17, 15) is 20.4 Å². The van der Waals surface area contributed by atoms with Crippen molar-refractivity contribution in [3.05, 3.63) is 245 Å². The average molecular weight is 975 g/mol. The van der Waals surface area contributed by atoms with Crippen LogP contribution in [-0.2, 0) is 51.7 Å². The molecular weight excluding hydrogens is 928 g/mol. The molecule has 0 fully saturated rings. The first-order chi connectivity index (χ1) is 31.2. The van der Waals surface area contributed by atoms with Gasteiger partial charge in [-0.25, -0.2) is 0 Å². The molecule has 0 unspecified atom stereocenters. The van der Waals surface area contributed by atoms with Gasteiger partial charge in [-0.15, -0.1) is 0 Å². The van der Waals surface area contributed by atoms with Crippen LogP contribution in [0.4, 0.5) is 0 Å². The summed E-state index contributed by atoms with van der Waals surface area (Å²) in [5.74, 6) is 2.04. The van der Waals surface area contributed by atoms with E-state index >= 15 is 0 Å². The maximum absolute atomic E-state index is 11.9. The van der Waals surface area contributed by atoms with E-state index in [-0.39, 0.29) is 23.0 Å². The molecule has 0 atom stereocenters. The number of phenolic OH excluding ortho intramolecular Hbond substituents is 4. The highest BCUT2D eigenvalue weighted by Gasteiger charge is 2.21. The molecule has 0 spiro atoms. The van der Waals surface area contributed by atoms with Crippen molar-refractivity contribution in [2.24, 2.45) is 0 Å². The van der Waals surface area contributed by atoms with Crippen molar-refractivity contribution in [1.82, 2.24) is 0 Å². The normalized spacial score (nSPS) is 12.5. The van der Waals surface area contributed by atoms with E-state index in [1.807, 2.05) is 158 Å².